The van der Waals surface area contributed by atoms with Gasteiger partial charge in [-0.2, -0.15) is 0 Å². The lowest BCUT2D eigenvalue weighted by atomic mass is 10.3. The highest BCUT2D eigenvalue weighted by atomic mass is 79.9. The highest BCUT2D eigenvalue weighted by molar-refractivity contribution is 9.10. The number of carbonyl (C=O) groups is 1. The molecule has 1 heterocycles. The highest BCUT2D eigenvalue weighted by Crippen LogP contribution is 2.27. The van der Waals surface area contributed by atoms with Crippen molar-refractivity contribution in [3.8, 4) is 5.75 Å². The molecule has 1 aliphatic heterocycles. The molecule has 0 radical (unpaired) electrons. The van der Waals surface area contributed by atoms with Gasteiger partial charge in [0.1, 0.15) is 5.75 Å². The van der Waals surface area contributed by atoms with Crippen LogP contribution in [0, 0.1) is 0 Å². The Kier molecular flexibility index (Phi) is 5.65. The molecule has 1 N–H and O–H groups in total. The van der Waals surface area contributed by atoms with Crippen molar-refractivity contribution in [3.63, 3.8) is 0 Å². The van der Waals surface area contributed by atoms with Crippen LogP contribution in [0.25, 0.3) is 0 Å². The molecule has 7 heteroatoms. The molecule has 1 amide bonds. The van der Waals surface area contributed by atoms with Crippen LogP contribution in [0.2, 0.25) is 5.02 Å². The zero-order chi connectivity index (χ0) is 14.5. The van der Waals surface area contributed by atoms with E-state index in [1.54, 1.807) is 23.1 Å². The van der Waals surface area contributed by atoms with Crippen LogP contribution in [0.15, 0.2) is 22.7 Å². The molecule has 1 saturated heterocycles. The van der Waals surface area contributed by atoms with Crippen LogP contribution >= 0.6 is 27.5 Å². The molecule has 1 atom stereocenters. The fourth-order valence-corrected chi connectivity index (χ4v) is 2.68. The van der Waals surface area contributed by atoms with E-state index < -0.39 is 0 Å². The van der Waals surface area contributed by atoms with E-state index in [2.05, 4.69) is 15.9 Å². The van der Waals surface area contributed by atoms with E-state index in [1.807, 2.05) is 0 Å². The predicted molar refractivity (Wildman–Crippen MR) is 78.1 cm³/mol. The molecular formula is C13H15BrClNO4. The van der Waals surface area contributed by atoms with Gasteiger partial charge in [0.2, 0.25) is 0 Å². The first-order valence-electron chi connectivity index (χ1n) is 6.18. The fourth-order valence-electron chi connectivity index (χ4n) is 1.88. The first-order valence-corrected chi connectivity index (χ1v) is 7.35. The Morgan fingerprint density at radius 1 is 1.60 bits per heavy atom. The summed E-state index contributed by atoms with van der Waals surface area (Å²) >= 11 is 9.16. The largest absolute Gasteiger partial charge is 0.483 e. The minimum atomic E-state index is -0.310. The molecule has 0 aromatic heterocycles. The lowest BCUT2D eigenvalue weighted by Gasteiger charge is -2.32. The number of hydrogen-bond donors (Lipinski definition) is 1. The van der Waals surface area contributed by atoms with Crippen molar-refractivity contribution in [1.82, 2.24) is 4.90 Å². The van der Waals surface area contributed by atoms with Crippen molar-refractivity contribution >= 4 is 33.4 Å². The lowest BCUT2D eigenvalue weighted by molar-refractivity contribution is -0.142. The average molecular weight is 365 g/mol. The summed E-state index contributed by atoms with van der Waals surface area (Å²) in [6.45, 7) is 1.19. The third kappa shape index (κ3) is 4.09. The predicted octanol–water partition coefficient (Wildman–Crippen LogP) is 1.70. The minimum Gasteiger partial charge on any atom is -0.483 e. The number of aliphatic hydroxyl groups is 1. The van der Waals surface area contributed by atoms with Gasteiger partial charge in [-0.25, -0.2) is 0 Å². The maximum absolute atomic E-state index is 12.0. The summed E-state index contributed by atoms with van der Waals surface area (Å²) in [6.07, 6.45) is -0.310. The monoisotopic (exact) mass is 363 g/mol. The summed E-state index contributed by atoms with van der Waals surface area (Å²) in [4.78, 5) is 13.7. The number of morpholine rings is 1. The second kappa shape index (κ2) is 7.26. The van der Waals surface area contributed by atoms with E-state index >= 15 is 0 Å². The van der Waals surface area contributed by atoms with Crippen LogP contribution in [0.3, 0.4) is 0 Å². The van der Waals surface area contributed by atoms with Crippen LogP contribution in [-0.4, -0.2) is 54.9 Å². The highest BCUT2D eigenvalue weighted by Gasteiger charge is 2.23. The van der Waals surface area contributed by atoms with E-state index in [4.69, 9.17) is 26.2 Å². The van der Waals surface area contributed by atoms with E-state index in [1.165, 1.54) is 0 Å². The minimum absolute atomic E-state index is 0.0572. The number of halogens is 2. The van der Waals surface area contributed by atoms with Crippen molar-refractivity contribution in [1.29, 1.82) is 0 Å². The Labute approximate surface area is 130 Å². The smallest absolute Gasteiger partial charge is 0.260 e. The van der Waals surface area contributed by atoms with Gasteiger partial charge in [-0.05, 0) is 34.1 Å². The molecule has 0 bridgehead atoms. The average Bonchev–Trinajstić information content (AvgIpc) is 2.46. The van der Waals surface area contributed by atoms with Gasteiger partial charge in [-0.15, -0.1) is 0 Å². The van der Waals surface area contributed by atoms with Gasteiger partial charge in [-0.1, -0.05) is 11.6 Å². The van der Waals surface area contributed by atoms with Gasteiger partial charge < -0.3 is 19.5 Å². The molecular weight excluding hydrogens is 350 g/mol. The molecule has 1 fully saturated rings. The zero-order valence-electron chi connectivity index (χ0n) is 10.7. The number of nitrogens with zero attached hydrogens (tertiary/aromatic N) is 1. The molecule has 2 rings (SSSR count). The topological polar surface area (TPSA) is 59.0 Å². The Balaban J connectivity index is 1.88. The molecule has 0 spiro atoms. The summed E-state index contributed by atoms with van der Waals surface area (Å²) in [5.41, 5.74) is 0. The summed E-state index contributed by atoms with van der Waals surface area (Å²) < 4.78 is 11.5. The van der Waals surface area contributed by atoms with Crippen molar-refractivity contribution < 1.29 is 19.4 Å². The number of benzene rings is 1. The van der Waals surface area contributed by atoms with Gasteiger partial charge in [0, 0.05) is 18.1 Å². The van der Waals surface area contributed by atoms with E-state index in [-0.39, 0.29) is 25.2 Å². The van der Waals surface area contributed by atoms with Crippen molar-refractivity contribution in [2.24, 2.45) is 0 Å². The third-order valence-corrected chi connectivity index (χ3v) is 3.79. The quantitative estimate of drug-likeness (QED) is 0.883. The number of carbonyl (C=O) groups excluding carboxylic acids is 1. The lowest BCUT2D eigenvalue weighted by Crippen LogP contribution is -2.48. The molecule has 20 heavy (non-hydrogen) atoms. The van der Waals surface area contributed by atoms with Crippen molar-refractivity contribution in [2.45, 2.75) is 6.10 Å². The molecule has 110 valence electrons. The number of amides is 1. The van der Waals surface area contributed by atoms with Gasteiger partial charge in [-0.3, -0.25) is 4.79 Å². The Bertz CT molecular complexity index is 485. The van der Waals surface area contributed by atoms with E-state index in [9.17, 15) is 4.79 Å². The van der Waals surface area contributed by atoms with Gasteiger partial charge in [0.15, 0.2) is 6.61 Å². The summed E-state index contributed by atoms with van der Waals surface area (Å²) in [6, 6.07) is 5.11. The Morgan fingerprint density at radius 2 is 2.40 bits per heavy atom. The van der Waals surface area contributed by atoms with E-state index in [0.29, 0.717) is 34.9 Å². The number of aliphatic hydroxyl groups excluding tert-OH is 1. The second-order valence-corrected chi connectivity index (χ2v) is 5.67. The van der Waals surface area contributed by atoms with Crippen LogP contribution < -0.4 is 4.74 Å². The molecule has 1 aromatic carbocycles. The molecule has 1 unspecified atom stereocenters. The first kappa shape index (κ1) is 15.6. The molecule has 5 nitrogen and oxygen atoms in total. The molecule has 0 aliphatic carbocycles. The fraction of sp³-hybridized carbons (Fsp3) is 0.462. The third-order valence-electron chi connectivity index (χ3n) is 2.94. The second-order valence-electron chi connectivity index (χ2n) is 4.38. The SMILES string of the molecule is O=C(COc1ccc(Cl)cc1Br)N1CCOC(CO)C1. The maximum Gasteiger partial charge on any atom is 0.260 e. The number of rotatable bonds is 4. The number of hydrogen-bond acceptors (Lipinski definition) is 4. The molecule has 1 aromatic rings. The van der Waals surface area contributed by atoms with Crippen LogP contribution in [0.4, 0.5) is 0 Å². The van der Waals surface area contributed by atoms with Crippen LogP contribution in [0.1, 0.15) is 0 Å². The summed E-state index contributed by atoms with van der Waals surface area (Å²) in [7, 11) is 0. The zero-order valence-corrected chi connectivity index (χ0v) is 13.1. The van der Waals surface area contributed by atoms with Crippen molar-refractivity contribution in [2.75, 3.05) is 32.9 Å². The van der Waals surface area contributed by atoms with Gasteiger partial charge in [0.05, 0.1) is 23.8 Å². The summed E-state index contributed by atoms with van der Waals surface area (Å²) in [5, 5.41) is 9.64. The number of ether oxygens (including phenoxy) is 2. The Hall–Kier alpha value is -0.820. The van der Waals surface area contributed by atoms with Crippen LogP contribution in [0.5, 0.6) is 5.75 Å². The normalized spacial score (nSPS) is 18.9. The Morgan fingerprint density at radius 3 is 3.10 bits per heavy atom. The van der Waals surface area contributed by atoms with Crippen molar-refractivity contribution in [3.05, 3.63) is 27.7 Å². The molecule has 0 saturated carbocycles. The maximum atomic E-state index is 12.0. The molecule has 1 aliphatic rings. The summed E-state index contributed by atoms with van der Waals surface area (Å²) in [5.74, 6) is 0.434. The van der Waals surface area contributed by atoms with E-state index in [0.717, 1.165) is 0 Å². The van der Waals surface area contributed by atoms with Gasteiger partial charge in [0.25, 0.3) is 5.91 Å². The van der Waals surface area contributed by atoms with Gasteiger partial charge >= 0.3 is 0 Å². The van der Waals surface area contributed by atoms with Crippen LogP contribution in [-0.2, 0) is 9.53 Å². The standard InChI is InChI=1S/C13H15BrClNO4/c14-11-5-9(15)1-2-12(11)20-8-13(18)16-3-4-19-10(6-16)7-17/h1-2,5,10,17H,3-4,6-8H2. The first-order chi connectivity index (χ1) is 9.60.